The maximum absolute atomic E-state index is 5.13. The van der Waals surface area contributed by atoms with Gasteiger partial charge in [0.05, 0.1) is 7.11 Å². The van der Waals surface area contributed by atoms with Gasteiger partial charge < -0.3 is 4.74 Å². The number of ether oxygens (including phenoxy) is 1. The van der Waals surface area contributed by atoms with Crippen LogP contribution in [0.4, 0.5) is 0 Å². The third-order valence-electron chi connectivity index (χ3n) is 1.83. The average Bonchev–Trinajstić information content (AvgIpc) is 2.25. The van der Waals surface area contributed by atoms with Gasteiger partial charge in [0.25, 0.3) is 0 Å². The van der Waals surface area contributed by atoms with Gasteiger partial charge in [0.2, 0.25) is 0 Å². The van der Waals surface area contributed by atoms with Gasteiger partial charge in [0.15, 0.2) is 0 Å². The number of allylic oxidation sites excluding steroid dienone is 3. The van der Waals surface area contributed by atoms with Gasteiger partial charge in [-0.25, -0.2) is 0 Å². The minimum Gasteiger partial charge on any atom is -0.497 e. The first-order valence-electron chi connectivity index (χ1n) is 5.62. The highest BCUT2D eigenvalue weighted by molar-refractivity contribution is 5.16. The van der Waals surface area contributed by atoms with Crippen LogP contribution in [0.1, 0.15) is 53.9 Å². The predicted octanol–water partition coefficient (Wildman–Crippen LogP) is 4.70. The van der Waals surface area contributed by atoms with E-state index in [1.165, 1.54) is 24.8 Å². The largest absolute Gasteiger partial charge is 0.497 e. The minimum absolute atomic E-state index is 0.962. The van der Waals surface area contributed by atoms with E-state index in [0.29, 0.717) is 0 Å². The van der Waals surface area contributed by atoms with Gasteiger partial charge in [-0.2, -0.15) is 0 Å². The Bertz CT molecular complexity index is 166. The lowest BCUT2D eigenvalue weighted by molar-refractivity contribution is 0.305. The molecule has 1 heteroatoms. The van der Waals surface area contributed by atoms with Crippen LogP contribution < -0.4 is 0 Å². The monoisotopic (exact) mass is 198 g/mol. The van der Waals surface area contributed by atoms with Crippen LogP contribution in [-0.4, -0.2) is 7.11 Å². The van der Waals surface area contributed by atoms with Crippen molar-refractivity contribution >= 4 is 0 Å². The molecule has 0 aromatic heterocycles. The molecule has 0 aliphatic carbocycles. The topological polar surface area (TPSA) is 9.23 Å². The van der Waals surface area contributed by atoms with Gasteiger partial charge in [0, 0.05) is 0 Å². The Morgan fingerprint density at radius 2 is 1.86 bits per heavy atom. The summed E-state index contributed by atoms with van der Waals surface area (Å²) >= 11 is 0. The Morgan fingerprint density at radius 1 is 1.29 bits per heavy atom. The summed E-state index contributed by atoms with van der Waals surface area (Å²) in [6.07, 6.45) is 7.79. The molecule has 0 bridgehead atoms. The van der Waals surface area contributed by atoms with Crippen LogP contribution in [0.25, 0.3) is 0 Å². The fourth-order valence-corrected chi connectivity index (χ4v) is 1.03. The maximum atomic E-state index is 5.13. The standard InChI is InChI=1S/C11H20O.C2H6/c1-5-7-8-10(3)9-11(6-2)12-4;1-2/h6,9H,5,7-8H2,1-4H3;1-2H3/b10-9+,11-6+;. The van der Waals surface area contributed by atoms with Crippen LogP contribution in [0.15, 0.2) is 23.5 Å². The summed E-state index contributed by atoms with van der Waals surface area (Å²) in [7, 11) is 1.71. The number of rotatable bonds is 5. The first-order chi connectivity index (χ1) is 6.74. The normalized spacial score (nSPS) is 11.9. The van der Waals surface area contributed by atoms with E-state index < -0.39 is 0 Å². The summed E-state index contributed by atoms with van der Waals surface area (Å²) in [5, 5.41) is 0. The van der Waals surface area contributed by atoms with Crippen molar-refractivity contribution in [3.8, 4) is 0 Å². The van der Waals surface area contributed by atoms with E-state index in [4.69, 9.17) is 4.74 Å². The molecular formula is C13H26O. The third kappa shape index (κ3) is 9.37. The molecule has 0 saturated carbocycles. The fourth-order valence-electron chi connectivity index (χ4n) is 1.03. The van der Waals surface area contributed by atoms with Crippen LogP contribution in [0.5, 0.6) is 0 Å². The van der Waals surface area contributed by atoms with Crippen molar-refractivity contribution in [2.24, 2.45) is 0 Å². The molecular weight excluding hydrogens is 172 g/mol. The second-order valence-electron chi connectivity index (χ2n) is 2.99. The maximum Gasteiger partial charge on any atom is 0.114 e. The molecule has 0 radical (unpaired) electrons. The zero-order chi connectivity index (χ0) is 11.4. The molecule has 0 saturated heterocycles. The molecule has 0 aliphatic rings. The Balaban J connectivity index is 0. The number of methoxy groups -OCH3 is 1. The summed E-state index contributed by atoms with van der Waals surface area (Å²) in [5.41, 5.74) is 1.40. The van der Waals surface area contributed by atoms with Crippen molar-refractivity contribution in [3.63, 3.8) is 0 Å². The second-order valence-corrected chi connectivity index (χ2v) is 2.99. The molecule has 1 nitrogen and oxygen atoms in total. The van der Waals surface area contributed by atoms with Crippen LogP contribution in [0, 0.1) is 0 Å². The lowest BCUT2D eigenvalue weighted by atomic mass is 10.1. The quantitative estimate of drug-likeness (QED) is 0.459. The summed E-state index contributed by atoms with van der Waals surface area (Å²) in [6.45, 7) is 10.3. The molecule has 84 valence electrons. The molecule has 0 spiro atoms. The van der Waals surface area contributed by atoms with E-state index in [1.807, 2.05) is 26.8 Å². The number of hydrogen-bond donors (Lipinski definition) is 0. The zero-order valence-corrected chi connectivity index (χ0v) is 10.7. The fraction of sp³-hybridized carbons (Fsp3) is 0.692. The smallest absolute Gasteiger partial charge is 0.114 e. The Kier molecular flexibility index (Phi) is 13.8. The van der Waals surface area contributed by atoms with Gasteiger partial charge in [-0.3, -0.25) is 0 Å². The van der Waals surface area contributed by atoms with Crippen LogP contribution >= 0.6 is 0 Å². The Hall–Kier alpha value is -0.720. The van der Waals surface area contributed by atoms with Crippen molar-refractivity contribution in [2.45, 2.75) is 53.9 Å². The summed E-state index contributed by atoms with van der Waals surface area (Å²) < 4.78 is 5.13. The van der Waals surface area contributed by atoms with Crippen molar-refractivity contribution < 1.29 is 4.74 Å². The Labute approximate surface area is 89.9 Å². The molecule has 0 unspecified atom stereocenters. The lowest BCUT2D eigenvalue weighted by Crippen LogP contribution is -1.84. The van der Waals surface area contributed by atoms with Gasteiger partial charge >= 0.3 is 0 Å². The van der Waals surface area contributed by atoms with E-state index in [-0.39, 0.29) is 0 Å². The molecule has 0 rings (SSSR count). The van der Waals surface area contributed by atoms with Gasteiger partial charge in [-0.15, -0.1) is 0 Å². The number of unbranched alkanes of at least 4 members (excludes halogenated alkanes) is 1. The first kappa shape index (κ1) is 15.7. The molecule has 0 N–H and O–H groups in total. The molecule has 0 amide bonds. The summed E-state index contributed by atoms with van der Waals surface area (Å²) in [4.78, 5) is 0. The van der Waals surface area contributed by atoms with Crippen LogP contribution in [-0.2, 0) is 4.74 Å². The highest BCUT2D eigenvalue weighted by Gasteiger charge is 1.92. The van der Waals surface area contributed by atoms with Gasteiger partial charge in [-0.1, -0.05) is 32.8 Å². The van der Waals surface area contributed by atoms with E-state index in [1.54, 1.807) is 7.11 Å². The number of hydrogen-bond acceptors (Lipinski definition) is 1. The SMILES string of the molecule is C/C=C(\C=C(/C)CCCC)OC.CC. The van der Waals surface area contributed by atoms with Crippen molar-refractivity contribution in [3.05, 3.63) is 23.5 Å². The second kappa shape index (κ2) is 12.3. The highest BCUT2D eigenvalue weighted by Crippen LogP contribution is 2.09. The molecule has 14 heavy (non-hydrogen) atoms. The lowest BCUT2D eigenvalue weighted by Gasteiger charge is -2.02. The molecule has 0 aromatic rings. The van der Waals surface area contributed by atoms with E-state index >= 15 is 0 Å². The van der Waals surface area contributed by atoms with Crippen molar-refractivity contribution in [2.75, 3.05) is 7.11 Å². The molecule has 0 atom stereocenters. The molecule has 0 aromatic carbocycles. The minimum atomic E-state index is 0.962. The molecule has 0 aliphatic heterocycles. The predicted molar refractivity (Wildman–Crippen MR) is 65.4 cm³/mol. The average molecular weight is 198 g/mol. The Morgan fingerprint density at radius 3 is 2.21 bits per heavy atom. The van der Waals surface area contributed by atoms with Gasteiger partial charge in [0.1, 0.15) is 5.76 Å². The molecule has 0 heterocycles. The molecule has 0 fully saturated rings. The zero-order valence-electron chi connectivity index (χ0n) is 10.7. The van der Waals surface area contributed by atoms with Crippen molar-refractivity contribution in [1.82, 2.24) is 0 Å². The highest BCUT2D eigenvalue weighted by atomic mass is 16.5. The van der Waals surface area contributed by atoms with E-state index in [0.717, 1.165) is 5.76 Å². The third-order valence-corrected chi connectivity index (χ3v) is 1.83. The van der Waals surface area contributed by atoms with Crippen molar-refractivity contribution in [1.29, 1.82) is 0 Å². The summed E-state index contributed by atoms with van der Waals surface area (Å²) in [5.74, 6) is 0.962. The van der Waals surface area contributed by atoms with E-state index in [9.17, 15) is 0 Å². The first-order valence-corrected chi connectivity index (χ1v) is 5.62. The van der Waals surface area contributed by atoms with Crippen LogP contribution in [0.2, 0.25) is 0 Å². The van der Waals surface area contributed by atoms with Crippen LogP contribution in [0.3, 0.4) is 0 Å². The van der Waals surface area contributed by atoms with E-state index in [2.05, 4.69) is 19.9 Å². The summed E-state index contributed by atoms with van der Waals surface area (Å²) in [6, 6.07) is 0. The van der Waals surface area contributed by atoms with Gasteiger partial charge in [-0.05, 0) is 38.8 Å².